The average Bonchev–Trinajstić information content (AvgIpc) is 3.24. The molecule has 1 aliphatic rings. The highest BCUT2D eigenvalue weighted by Crippen LogP contribution is 2.43. The van der Waals surface area contributed by atoms with Crippen LogP contribution in [-0.2, 0) is 0 Å². The standard InChI is InChI=1S/C17H14FN3O3.ClH/c1-9-14-11(10-2-3-10)6-12(17(23)24)16(22)21(14)7-13(18)15(9)20-5-4-19-8-20;/h4-8,10H,2-3H2,1H3,(H,23,24);1H. The first-order valence-corrected chi connectivity index (χ1v) is 7.59. The molecule has 0 radical (unpaired) electrons. The molecule has 0 aromatic carbocycles. The van der Waals surface area contributed by atoms with Crippen LogP contribution in [0.3, 0.4) is 0 Å². The number of carboxylic acid groups (broad SMARTS) is 1. The summed E-state index contributed by atoms with van der Waals surface area (Å²) in [5, 5.41) is 9.28. The van der Waals surface area contributed by atoms with Gasteiger partial charge in [0, 0.05) is 18.0 Å². The Morgan fingerprint density at radius 2 is 2.12 bits per heavy atom. The van der Waals surface area contributed by atoms with E-state index in [2.05, 4.69) is 4.98 Å². The van der Waals surface area contributed by atoms with Crippen molar-refractivity contribution in [2.45, 2.75) is 25.7 Å². The Morgan fingerprint density at radius 1 is 1.40 bits per heavy atom. The lowest BCUT2D eigenvalue weighted by molar-refractivity contribution is 0.0694. The summed E-state index contributed by atoms with van der Waals surface area (Å²) in [6.07, 6.45) is 7.60. The molecule has 6 nitrogen and oxygen atoms in total. The molecule has 1 N–H and O–H groups in total. The Labute approximate surface area is 148 Å². The summed E-state index contributed by atoms with van der Waals surface area (Å²) in [5.74, 6) is -1.70. The fourth-order valence-electron chi connectivity index (χ4n) is 3.21. The van der Waals surface area contributed by atoms with Gasteiger partial charge in [-0.2, -0.15) is 0 Å². The minimum absolute atomic E-state index is 0. The summed E-state index contributed by atoms with van der Waals surface area (Å²) in [7, 11) is 0. The molecule has 0 saturated heterocycles. The van der Waals surface area contributed by atoms with Gasteiger partial charge in [-0.1, -0.05) is 0 Å². The number of halogens is 2. The van der Waals surface area contributed by atoms with Crippen molar-refractivity contribution in [2.75, 3.05) is 0 Å². The quantitative estimate of drug-likeness (QED) is 0.776. The van der Waals surface area contributed by atoms with Gasteiger partial charge in [0.1, 0.15) is 5.56 Å². The number of hydrogen-bond acceptors (Lipinski definition) is 3. The van der Waals surface area contributed by atoms with Crippen LogP contribution in [-0.4, -0.2) is 25.0 Å². The topological polar surface area (TPSA) is 76.6 Å². The molecular weight excluding hydrogens is 349 g/mol. The van der Waals surface area contributed by atoms with E-state index < -0.39 is 17.3 Å². The largest absolute Gasteiger partial charge is 0.477 e. The van der Waals surface area contributed by atoms with E-state index in [1.807, 2.05) is 0 Å². The van der Waals surface area contributed by atoms with Gasteiger partial charge in [-0.05, 0) is 37.3 Å². The summed E-state index contributed by atoms with van der Waals surface area (Å²) in [6.45, 7) is 1.74. The van der Waals surface area contributed by atoms with Gasteiger partial charge < -0.3 is 9.67 Å². The number of aryl methyl sites for hydroxylation is 1. The van der Waals surface area contributed by atoms with Crippen LogP contribution >= 0.6 is 12.4 Å². The lowest BCUT2D eigenvalue weighted by Gasteiger charge is -2.16. The molecule has 1 fully saturated rings. The number of carbonyl (C=O) groups is 1. The third-order valence-corrected chi connectivity index (χ3v) is 4.45. The Hall–Kier alpha value is -2.67. The van der Waals surface area contributed by atoms with Crippen LogP contribution in [0.2, 0.25) is 0 Å². The zero-order valence-electron chi connectivity index (χ0n) is 13.3. The molecule has 3 aromatic heterocycles. The second-order valence-electron chi connectivity index (χ2n) is 6.04. The molecule has 1 saturated carbocycles. The van der Waals surface area contributed by atoms with Gasteiger partial charge in [0.2, 0.25) is 0 Å². The van der Waals surface area contributed by atoms with Gasteiger partial charge in [-0.3, -0.25) is 9.20 Å². The number of carboxylic acids is 1. The first-order chi connectivity index (χ1) is 11.5. The molecule has 3 aromatic rings. The van der Waals surface area contributed by atoms with E-state index in [4.69, 9.17) is 0 Å². The summed E-state index contributed by atoms with van der Waals surface area (Å²) < 4.78 is 17.3. The molecule has 3 heterocycles. The number of nitrogens with zero attached hydrogens (tertiary/aromatic N) is 3. The number of aromatic nitrogens is 3. The fraction of sp³-hybridized carbons (Fsp3) is 0.235. The third-order valence-electron chi connectivity index (χ3n) is 4.45. The van der Waals surface area contributed by atoms with Crippen molar-refractivity contribution in [3.8, 4) is 5.69 Å². The normalized spacial score (nSPS) is 13.7. The molecule has 0 bridgehead atoms. The SMILES string of the molecule is Cc1c(-n2ccnc2)c(F)cn2c(=O)c(C(=O)O)cc(C3CC3)c12.Cl. The van der Waals surface area contributed by atoms with Crippen molar-refractivity contribution >= 4 is 23.9 Å². The van der Waals surface area contributed by atoms with Crippen LogP contribution in [0.4, 0.5) is 4.39 Å². The minimum Gasteiger partial charge on any atom is -0.477 e. The summed E-state index contributed by atoms with van der Waals surface area (Å²) in [4.78, 5) is 27.8. The molecule has 25 heavy (non-hydrogen) atoms. The summed E-state index contributed by atoms with van der Waals surface area (Å²) in [6, 6.07) is 1.44. The number of pyridine rings is 2. The Balaban J connectivity index is 0.00000182. The van der Waals surface area contributed by atoms with Crippen LogP contribution in [0.15, 0.2) is 35.8 Å². The first kappa shape index (κ1) is 17.2. The molecule has 130 valence electrons. The lowest BCUT2D eigenvalue weighted by Crippen LogP contribution is -2.24. The van der Waals surface area contributed by atoms with Gasteiger partial charge in [0.15, 0.2) is 5.82 Å². The molecule has 4 rings (SSSR count). The highest BCUT2D eigenvalue weighted by molar-refractivity contribution is 5.89. The van der Waals surface area contributed by atoms with Gasteiger partial charge in [0.25, 0.3) is 5.56 Å². The maximum absolute atomic E-state index is 14.6. The Morgan fingerprint density at radius 3 is 2.68 bits per heavy atom. The second kappa shape index (κ2) is 6.00. The molecular formula is C17H15ClFN3O3. The van der Waals surface area contributed by atoms with Crippen molar-refractivity contribution in [1.29, 1.82) is 0 Å². The van der Waals surface area contributed by atoms with Gasteiger partial charge in [-0.15, -0.1) is 12.4 Å². The number of fused-ring (bicyclic) bond motifs is 1. The number of hydrogen-bond donors (Lipinski definition) is 1. The minimum atomic E-state index is -1.30. The van der Waals surface area contributed by atoms with E-state index >= 15 is 0 Å². The maximum atomic E-state index is 14.6. The van der Waals surface area contributed by atoms with Crippen molar-refractivity contribution in [1.82, 2.24) is 14.0 Å². The highest BCUT2D eigenvalue weighted by Gasteiger charge is 2.30. The van der Waals surface area contributed by atoms with E-state index in [-0.39, 0.29) is 23.9 Å². The monoisotopic (exact) mass is 363 g/mol. The van der Waals surface area contributed by atoms with Crippen LogP contribution in [0.1, 0.15) is 40.2 Å². The van der Waals surface area contributed by atoms with Gasteiger partial charge in [0.05, 0.1) is 23.7 Å². The number of rotatable bonds is 3. The van der Waals surface area contributed by atoms with Gasteiger partial charge >= 0.3 is 5.97 Å². The molecule has 0 amide bonds. The fourth-order valence-corrected chi connectivity index (χ4v) is 3.21. The first-order valence-electron chi connectivity index (χ1n) is 7.59. The zero-order valence-corrected chi connectivity index (χ0v) is 14.1. The van der Waals surface area contributed by atoms with E-state index in [9.17, 15) is 19.1 Å². The molecule has 8 heteroatoms. The van der Waals surface area contributed by atoms with E-state index in [0.29, 0.717) is 16.8 Å². The third kappa shape index (κ3) is 2.60. The lowest BCUT2D eigenvalue weighted by atomic mass is 10.0. The van der Waals surface area contributed by atoms with Crippen LogP contribution in [0.5, 0.6) is 0 Å². The zero-order chi connectivity index (χ0) is 17.0. The van der Waals surface area contributed by atoms with Crippen molar-refractivity contribution in [3.05, 3.63) is 63.8 Å². The smallest absolute Gasteiger partial charge is 0.341 e. The predicted molar refractivity (Wildman–Crippen MR) is 91.7 cm³/mol. The Kier molecular flexibility index (Phi) is 4.12. The van der Waals surface area contributed by atoms with Crippen molar-refractivity contribution in [2.24, 2.45) is 0 Å². The second-order valence-corrected chi connectivity index (χ2v) is 6.04. The van der Waals surface area contributed by atoms with Gasteiger partial charge in [-0.25, -0.2) is 14.2 Å². The van der Waals surface area contributed by atoms with E-state index in [1.165, 1.54) is 12.4 Å². The molecule has 0 atom stereocenters. The van der Waals surface area contributed by atoms with Crippen LogP contribution in [0.25, 0.3) is 11.2 Å². The van der Waals surface area contributed by atoms with Crippen LogP contribution < -0.4 is 5.56 Å². The molecule has 0 unspecified atom stereocenters. The van der Waals surface area contributed by atoms with Crippen molar-refractivity contribution < 1.29 is 14.3 Å². The molecule has 0 spiro atoms. The van der Waals surface area contributed by atoms with Crippen molar-refractivity contribution in [3.63, 3.8) is 0 Å². The predicted octanol–water partition coefficient (Wildman–Crippen LogP) is 2.93. The molecule has 1 aliphatic carbocycles. The van der Waals surface area contributed by atoms with Crippen LogP contribution in [0, 0.1) is 12.7 Å². The number of imidazole rings is 1. The summed E-state index contributed by atoms with van der Waals surface area (Å²) >= 11 is 0. The number of aromatic carboxylic acids is 1. The summed E-state index contributed by atoms with van der Waals surface area (Å²) in [5.41, 5.74) is 1.22. The average molecular weight is 364 g/mol. The maximum Gasteiger partial charge on any atom is 0.341 e. The molecule has 0 aliphatic heterocycles. The highest BCUT2D eigenvalue weighted by atomic mass is 35.5. The van der Waals surface area contributed by atoms with E-state index in [0.717, 1.165) is 29.0 Å². The Bertz CT molecular complexity index is 1040. The van der Waals surface area contributed by atoms with E-state index in [1.54, 1.807) is 23.9 Å².